The molecule has 0 aromatic rings. The van der Waals surface area contributed by atoms with E-state index in [0.717, 1.165) is 0 Å². The van der Waals surface area contributed by atoms with Crippen molar-refractivity contribution in [1.29, 1.82) is 0 Å². The van der Waals surface area contributed by atoms with Gasteiger partial charge in [-0.15, -0.1) is 0 Å². The summed E-state index contributed by atoms with van der Waals surface area (Å²) in [5.74, 6) is 0. The predicted octanol–water partition coefficient (Wildman–Crippen LogP) is 1.84. The second-order valence-electron chi connectivity index (χ2n) is 0. The number of nitrogens with zero attached hydrogens (tertiary/aromatic N) is 4. The van der Waals surface area contributed by atoms with Gasteiger partial charge in [-0.05, 0) is 0 Å². The average molecular weight is 235 g/mol. The minimum absolute atomic E-state index is 0. The molecule has 0 heterocycles. The molecule has 8 heavy (non-hydrogen) atoms. The van der Waals surface area contributed by atoms with Crippen LogP contribution in [0.4, 0.5) is 0 Å². The fourth-order valence-electron chi connectivity index (χ4n) is 0. The fourth-order valence-corrected chi connectivity index (χ4v) is 0. The van der Waals surface area contributed by atoms with Crippen LogP contribution >= 0.6 is 12.4 Å². The molecule has 0 unspecified atom stereocenters. The van der Waals surface area contributed by atoms with Crippen molar-refractivity contribution in [3.8, 4) is 0 Å². The molecule has 0 spiro atoms. The zero-order chi connectivity index (χ0) is 0. The summed E-state index contributed by atoms with van der Waals surface area (Å²) >= 11 is 0. The van der Waals surface area contributed by atoms with E-state index in [1.807, 2.05) is 0 Å². The van der Waals surface area contributed by atoms with Crippen molar-refractivity contribution >= 4 is 12.4 Å². The molecule has 0 fully saturated rings. The van der Waals surface area contributed by atoms with Crippen LogP contribution in [0.15, 0.2) is 0 Å². The van der Waals surface area contributed by atoms with Crippen molar-refractivity contribution in [2.24, 2.45) is 0 Å². The second-order valence-corrected chi connectivity index (χ2v) is 0. The van der Waals surface area contributed by atoms with Gasteiger partial charge in [-0.3, -0.25) is 0 Å². The molecule has 0 bridgehead atoms. The van der Waals surface area contributed by atoms with Gasteiger partial charge in [0.2, 0.25) is 0 Å². The quantitative estimate of drug-likeness (QED) is 0.568. The van der Waals surface area contributed by atoms with E-state index < -0.39 is 0 Å². The van der Waals surface area contributed by atoms with Crippen molar-refractivity contribution in [2.75, 3.05) is 0 Å². The van der Waals surface area contributed by atoms with Crippen LogP contribution in [-0.2, 0) is 65.2 Å². The van der Waals surface area contributed by atoms with Gasteiger partial charge < -0.3 is 24.6 Å². The molecule has 0 aromatic carbocycles. The third kappa shape index (κ3) is 84.7. The molecule has 0 amide bonds. The fraction of sp³-hybridized carbons (Fsp3) is 0. The van der Waals surface area contributed by atoms with E-state index in [1.54, 1.807) is 0 Å². The molecule has 0 aliphatic carbocycles. The van der Waals surface area contributed by atoms with E-state index >= 15 is 0 Å². The van der Waals surface area contributed by atoms with Gasteiger partial charge in [0.25, 0.3) is 0 Å². The molecule has 39 valence electrons. The van der Waals surface area contributed by atoms with Crippen molar-refractivity contribution < 1.29 is 65.2 Å². The van der Waals surface area contributed by atoms with Gasteiger partial charge in [0.15, 0.2) is 0 Å². The molecule has 0 rings (SSSR count). The Morgan fingerprint density at radius 1 is 0.375 bits per heavy atom. The zero-order valence-corrected chi connectivity index (χ0v) is 9.11. The summed E-state index contributed by atoms with van der Waals surface area (Å²) in [6.07, 6.45) is 0. The molecule has 0 saturated heterocycles. The monoisotopic (exact) mass is 235 g/mol. The molecular formula is ClN4Ti3. The first-order valence-corrected chi connectivity index (χ1v) is 0. The molecule has 0 aromatic heterocycles. The van der Waals surface area contributed by atoms with E-state index in [9.17, 15) is 0 Å². The molecule has 0 saturated carbocycles. The minimum atomic E-state index is 0. The maximum Gasteiger partial charge on any atom is 4.00 e. The third-order valence-electron chi connectivity index (χ3n) is 0. The van der Waals surface area contributed by atoms with Crippen molar-refractivity contribution in [3.63, 3.8) is 0 Å². The summed E-state index contributed by atoms with van der Waals surface area (Å²) in [7, 11) is 0. The van der Waals surface area contributed by atoms with Crippen molar-refractivity contribution in [3.05, 3.63) is 24.6 Å². The Hall–Kier alpha value is 2.27. The predicted molar refractivity (Wildman–Crippen MR) is 19.3 cm³/mol. The van der Waals surface area contributed by atoms with Gasteiger partial charge in [-0.25, -0.2) is 0 Å². The molecule has 0 aliphatic rings. The Kier molecular flexibility index (Phi) is 2630. The first-order chi connectivity index (χ1) is 0. The van der Waals surface area contributed by atoms with Crippen molar-refractivity contribution in [1.82, 2.24) is 0 Å². The summed E-state index contributed by atoms with van der Waals surface area (Å²) < 4.78 is 0. The molecule has 0 aliphatic heterocycles. The number of halogens is 1. The Morgan fingerprint density at radius 2 is 0.375 bits per heavy atom. The zero-order valence-electron chi connectivity index (χ0n) is 3.67. The summed E-state index contributed by atoms with van der Waals surface area (Å²) in [6, 6.07) is 0. The number of hydrogen-bond acceptors (Lipinski definition) is 0. The summed E-state index contributed by atoms with van der Waals surface area (Å²) in [4.78, 5) is 0. The van der Waals surface area contributed by atoms with Crippen LogP contribution in [0.3, 0.4) is 0 Å². The van der Waals surface area contributed by atoms with Crippen molar-refractivity contribution in [2.45, 2.75) is 0 Å². The van der Waals surface area contributed by atoms with Crippen LogP contribution in [0.5, 0.6) is 0 Å². The molecular weight excluding hydrogens is 235 g/mol. The normalized spacial score (nSPS) is 0. The Balaban J connectivity index is 0. The minimum Gasteiger partial charge on any atom is -3.00 e. The SMILES string of the molecule is [Cl].[N-3].[N-3].[N-3].[N-3].[Ti+4].[Ti+4].[Ti+4]. The average Bonchev–Trinajstić information content (AvgIpc) is 0. The third-order valence-corrected chi connectivity index (χ3v) is 0. The first-order valence-electron chi connectivity index (χ1n) is 0. The van der Waals surface area contributed by atoms with Gasteiger partial charge in [-0.2, -0.15) is 0 Å². The van der Waals surface area contributed by atoms with Crippen LogP contribution in [-0.4, -0.2) is 0 Å². The summed E-state index contributed by atoms with van der Waals surface area (Å²) in [5, 5.41) is 0. The first kappa shape index (κ1) is 171. The smallest absolute Gasteiger partial charge is 3.00 e. The van der Waals surface area contributed by atoms with E-state index in [1.165, 1.54) is 0 Å². The maximum atomic E-state index is 0. The number of hydrogen-bond donors (Lipinski definition) is 0. The van der Waals surface area contributed by atoms with Gasteiger partial charge in [0.05, 0.1) is 0 Å². The van der Waals surface area contributed by atoms with E-state index in [0.29, 0.717) is 0 Å². The van der Waals surface area contributed by atoms with Crippen LogP contribution < -0.4 is 0 Å². The molecule has 8 heteroatoms. The van der Waals surface area contributed by atoms with Gasteiger partial charge in [-0.1, -0.05) is 0 Å². The van der Waals surface area contributed by atoms with Gasteiger partial charge >= 0.3 is 65.2 Å². The molecule has 0 atom stereocenters. The molecule has 1 radical (unpaired) electrons. The summed E-state index contributed by atoms with van der Waals surface area (Å²) in [5.41, 5.74) is 0. The van der Waals surface area contributed by atoms with E-state index in [2.05, 4.69) is 0 Å². The second kappa shape index (κ2) is 123. The topological polar surface area (TPSA) is 122 Å². The number of rotatable bonds is 0. The molecule has 4 nitrogen and oxygen atoms in total. The van der Waals surface area contributed by atoms with Crippen LogP contribution in [0.2, 0.25) is 0 Å². The molecule has 0 N–H and O–H groups in total. The summed E-state index contributed by atoms with van der Waals surface area (Å²) in [6.45, 7) is 0. The van der Waals surface area contributed by atoms with E-state index in [4.69, 9.17) is 0 Å². The Morgan fingerprint density at radius 3 is 0.375 bits per heavy atom. The van der Waals surface area contributed by atoms with Gasteiger partial charge in [0.1, 0.15) is 0 Å². The van der Waals surface area contributed by atoms with Crippen LogP contribution in [0.1, 0.15) is 0 Å². The van der Waals surface area contributed by atoms with Crippen LogP contribution in [0.25, 0.3) is 24.6 Å². The van der Waals surface area contributed by atoms with Crippen LogP contribution in [0, 0.1) is 0 Å². The largest absolute Gasteiger partial charge is 4.00 e. The van der Waals surface area contributed by atoms with Gasteiger partial charge in [0, 0.05) is 12.4 Å². The standard InChI is InChI=1S/Cl.4N.3Ti/q;4*-3;3*+4. The Labute approximate surface area is 101 Å². The Bertz CT molecular complexity index is 11.2. The maximum absolute atomic E-state index is 0. The van der Waals surface area contributed by atoms with E-state index in [-0.39, 0.29) is 102 Å².